The van der Waals surface area contributed by atoms with Gasteiger partial charge in [-0.15, -0.1) is 0 Å². The summed E-state index contributed by atoms with van der Waals surface area (Å²) >= 11 is 0. The van der Waals surface area contributed by atoms with Crippen LogP contribution in [-0.4, -0.2) is 55.6 Å². The molecule has 2 fully saturated rings. The fourth-order valence-corrected chi connectivity index (χ4v) is 5.06. The van der Waals surface area contributed by atoms with Crippen LogP contribution in [0.1, 0.15) is 39.0 Å². The molecule has 2 amide bonds. The quantitative estimate of drug-likeness (QED) is 0.768. The summed E-state index contributed by atoms with van der Waals surface area (Å²) in [5.41, 5.74) is 0.542. The molecule has 0 unspecified atom stereocenters. The highest BCUT2D eigenvalue weighted by molar-refractivity contribution is 7.89. The molecule has 7 nitrogen and oxygen atoms in total. The van der Waals surface area contributed by atoms with Gasteiger partial charge < -0.3 is 10.2 Å². The standard InChI is InChI=1S/C19H27N3O4S/c1-2-3-10-21-14-15(13-18(21)23)19(24)20-16-6-8-17(9-7-16)27(25,26)22-11-4-5-12-22/h6-9,15H,2-5,10-14H2,1H3,(H,20,24)/t15-/m1/s1. The Hall–Kier alpha value is -1.93. The number of benzene rings is 1. The number of carbonyl (C=O) groups excluding carboxylic acids is 2. The Bertz CT molecular complexity index is 786. The summed E-state index contributed by atoms with van der Waals surface area (Å²) in [6.45, 7) is 4.34. The number of rotatable bonds is 7. The second-order valence-corrected chi connectivity index (χ2v) is 9.16. The first kappa shape index (κ1) is 19.8. The van der Waals surface area contributed by atoms with Crippen molar-refractivity contribution < 1.29 is 18.0 Å². The Morgan fingerprint density at radius 3 is 2.48 bits per heavy atom. The van der Waals surface area contributed by atoms with Crippen LogP contribution in [-0.2, 0) is 19.6 Å². The summed E-state index contributed by atoms with van der Waals surface area (Å²) in [6, 6.07) is 6.26. The van der Waals surface area contributed by atoms with E-state index in [4.69, 9.17) is 0 Å². The zero-order valence-corrected chi connectivity index (χ0v) is 16.5. The van der Waals surface area contributed by atoms with Crippen molar-refractivity contribution in [1.82, 2.24) is 9.21 Å². The van der Waals surface area contributed by atoms with Gasteiger partial charge in [-0.2, -0.15) is 4.31 Å². The van der Waals surface area contributed by atoms with Crippen molar-refractivity contribution in [2.45, 2.75) is 43.9 Å². The fraction of sp³-hybridized carbons (Fsp3) is 0.579. The van der Waals surface area contributed by atoms with E-state index in [1.54, 1.807) is 17.0 Å². The van der Waals surface area contributed by atoms with Crippen molar-refractivity contribution in [2.75, 3.05) is 31.5 Å². The third-order valence-electron chi connectivity index (χ3n) is 5.19. The number of likely N-dealkylation sites (tertiary alicyclic amines) is 1. The molecular weight excluding hydrogens is 366 g/mol. The monoisotopic (exact) mass is 393 g/mol. The molecule has 2 saturated heterocycles. The summed E-state index contributed by atoms with van der Waals surface area (Å²) in [6.07, 6.45) is 3.96. The van der Waals surface area contributed by atoms with Gasteiger partial charge >= 0.3 is 0 Å². The largest absolute Gasteiger partial charge is 0.342 e. The molecule has 0 aliphatic carbocycles. The molecule has 0 bridgehead atoms. The molecule has 2 heterocycles. The summed E-state index contributed by atoms with van der Waals surface area (Å²) in [5.74, 6) is -0.532. The fourth-order valence-electron chi connectivity index (χ4n) is 3.54. The smallest absolute Gasteiger partial charge is 0.243 e. The Kier molecular flexibility index (Phi) is 6.16. The minimum atomic E-state index is -3.45. The van der Waals surface area contributed by atoms with Crippen molar-refractivity contribution in [3.05, 3.63) is 24.3 Å². The molecule has 148 valence electrons. The number of hydrogen-bond acceptors (Lipinski definition) is 4. The van der Waals surface area contributed by atoms with Crippen LogP contribution in [0.15, 0.2) is 29.2 Å². The van der Waals surface area contributed by atoms with Gasteiger partial charge in [-0.05, 0) is 43.5 Å². The third-order valence-corrected chi connectivity index (χ3v) is 7.10. The Morgan fingerprint density at radius 1 is 1.19 bits per heavy atom. The maximum absolute atomic E-state index is 12.5. The highest BCUT2D eigenvalue weighted by atomic mass is 32.2. The highest BCUT2D eigenvalue weighted by Crippen LogP contribution is 2.24. The van der Waals surface area contributed by atoms with E-state index < -0.39 is 10.0 Å². The topological polar surface area (TPSA) is 86.8 Å². The number of carbonyl (C=O) groups is 2. The van der Waals surface area contributed by atoms with E-state index in [0.717, 1.165) is 25.7 Å². The second-order valence-electron chi connectivity index (χ2n) is 7.22. The highest BCUT2D eigenvalue weighted by Gasteiger charge is 2.34. The molecule has 0 aromatic heterocycles. The van der Waals surface area contributed by atoms with Crippen LogP contribution in [0.3, 0.4) is 0 Å². The normalized spacial score (nSPS) is 21.0. The molecule has 3 rings (SSSR count). The maximum Gasteiger partial charge on any atom is 0.243 e. The van der Waals surface area contributed by atoms with E-state index in [9.17, 15) is 18.0 Å². The zero-order chi connectivity index (χ0) is 19.4. The van der Waals surface area contributed by atoms with Crippen LogP contribution in [0, 0.1) is 5.92 Å². The van der Waals surface area contributed by atoms with Gasteiger partial charge in [0.2, 0.25) is 21.8 Å². The van der Waals surface area contributed by atoms with Gasteiger partial charge in [0.05, 0.1) is 10.8 Å². The number of nitrogens with zero attached hydrogens (tertiary/aromatic N) is 2. The average Bonchev–Trinajstić information content (AvgIpc) is 3.31. The van der Waals surface area contributed by atoms with E-state index in [1.165, 1.54) is 16.4 Å². The number of anilines is 1. The van der Waals surface area contributed by atoms with Gasteiger partial charge in [-0.1, -0.05) is 13.3 Å². The van der Waals surface area contributed by atoms with Crippen LogP contribution in [0.25, 0.3) is 0 Å². The third kappa shape index (κ3) is 4.50. The SMILES string of the molecule is CCCCN1C[C@H](C(=O)Nc2ccc(S(=O)(=O)N3CCCC3)cc2)CC1=O. The first-order valence-corrected chi connectivity index (χ1v) is 11.0. The van der Waals surface area contributed by atoms with E-state index in [-0.39, 0.29) is 29.0 Å². The number of unbranched alkanes of at least 4 members (excludes halogenated alkanes) is 1. The van der Waals surface area contributed by atoms with E-state index in [0.29, 0.717) is 31.9 Å². The van der Waals surface area contributed by atoms with Crippen molar-refractivity contribution in [1.29, 1.82) is 0 Å². The Morgan fingerprint density at radius 2 is 1.85 bits per heavy atom. The van der Waals surface area contributed by atoms with Crippen LogP contribution in [0.4, 0.5) is 5.69 Å². The van der Waals surface area contributed by atoms with E-state index >= 15 is 0 Å². The Balaban J connectivity index is 1.60. The van der Waals surface area contributed by atoms with Gasteiger partial charge in [0.25, 0.3) is 0 Å². The van der Waals surface area contributed by atoms with Crippen molar-refractivity contribution in [2.24, 2.45) is 5.92 Å². The number of sulfonamides is 1. The molecule has 8 heteroatoms. The Labute approximate surface area is 160 Å². The lowest BCUT2D eigenvalue weighted by molar-refractivity contribution is -0.128. The predicted molar refractivity (Wildman–Crippen MR) is 103 cm³/mol. The molecular formula is C19H27N3O4S. The van der Waals surface area contributed by atoms with Crippen molar-refractivity contribution in [3.8, 4) is 0 Å². The number of nitrogens with one attached hydrogen (secondary N) is 1. The summed E-state index contributed by atoms with van der Waals surface area (Å²) < 4.78 is 26.6. The maximum atomic E-state index is 12.5. The molecule has 2 aliphatic heterocycles. The minimum Gasteiger partial charge on any atom is -0.342 e. The summed E-state index contributed by atoms with van der Waals surface area (Å²) in [5, 5.41) is 2.80. The molecule has 1 aromatic rings. The number of hydrogen-bond donors (Lipinski definition) is 1. The molecule has 2 aliphatic rings. The number of amides is 2. The lowest BCUT2D eigenvalue weighted by Crippen LogP contribution is -2.29. The van der Waals surface area contributed by atoms with Crippen molar-refractivity contribution in [3.63, 3.8) is 0 Å². The van der Waals surface area contributed by atoms with Crippen LogP contribution in [0.5, 0.6) is 0 Å². The van der Waals surface area contributed by atoms with Crippen LogP contribution in [0.2, 0.25) is 0 Å². The van der Waals surface area contributed by atoms with Crippen LogP contribution < -0.4 is 5.32 Å². The zero-order valence-electron chi connectivity index (χ0n) is 15.7. The lowest BCUT2D eigenvalue weighted by atomic mass is 10.1. The molecule has 27 heavy (non-hydrogen) atoms. The summed E-state index contributed by atoms with van der Waals surface area (Å²) in [7, 11) is -3.45. The van der Waals surface area contributed by atoms with Gasteiger partial charge in [0, 0.05) is 38.3 Å². The van der Waals surface area contributed by atoms with Gasteiger partial charge in [0.1, 0.15) is 0 Å². The van der Waals surface area contributed by atoms with Gasteiger partial charge in [-0.3, -0.25) is 9.59 Å². The van der Waals surface area contributed by atoms with E-state index in [2.05, 4.69) is 12.2 Å². The van der Waals surface area contributed by atoms with Gasteiger partial charge in [0.15, 0.2) is 0 Å². The molecule has 0 spiro atoms. The molecule has 0 radical (unpaired) electrons. The first-order chi connectivity index (χ1) is 12.9. The molecule has 1 atom stereocenters. The molecule has 1 aromatic carbocycles. The lowest BCUT2D eigenvalue weighted by Gasteiger charge is -2.17. The second kappa shape index (κ2) is 8.39. The van der Waals surface area contributed by atoms with Gasteiger partial charge in [-0.25, -0.2) is 8.42 Å². The van der Waals surface area contributed by atoms with E-state index in [1.807, 2.05) is 0 Å². The predicted octanol–water partition coefficient (Wildman–Crippen LogP) is 2.06. The minimum absolute atomic E-state index is 0.0238. The van der Waals surface area contributed by atoms with Crippen molar-refractivity contribution >= 4 is 27.5 Å². The first-order valence-electron chi connectivity index (χ1n) is 9.60. The molecule has 0 saturated carbocycles. The average molecular weight is 394 g/mol. The van der Waals surface area contributed by atoms with Crippen LogP contribution >= 0.6 is 0 Å². The molecule has 1 N–H and O–H groups in total. The summed E-state index contributed by atoms with van der Waals surface area (Å²) in [4.78, 5) is 26.4.